The monoisotopic (exact) mass is 319 g/mol. The molecule has 0 saturated heterocycles. The summed E-state index contributed by atoms with van der Waals surface area (Å²) in [6, 6.07) is 3.36. The van der Waals surface area contributed by atoms with Gasteiger partial charge in [0.15, 0.2) is 0 Å². The van der Waals surface area contributed by atoms with Crippen molar-refractivity contribution in [3.05, 3.63) is 35.0 Å². The van der Waals surface area contributed by atoms with E-state index >= 15 is 0 Å². The van der Waals surface area contributed by atoms with E-state index in [2.05, 4.69) is 14.3 Å². The molecule has 0 unspecified atom stereocenters. The number of anilines is 1. The number of sulfonamides is 1. The molecule has 2 N–H and O–H groups in total. The van der Waals surface area contributed by atoms with Crippen LogP contribution >= 0.6 is 23.1 Å². The maximum Gasteiger partial charge on any atom is 0.337 e. The summed E-state index contributed by atoms with van der Waals surface area (Å²) in [7, 11) is -3.85. The van der Waals surface area contributed by atoms with Gasteiger partial charge in [0.2, 0.25) is 0 Å². The highest BCUT2D eigenvalue weighted by molar-refractivity contribution is 7.93. The molecular weight excluding hydrogens is 314 g/mol. The van der Waals surface area contributed by atoms with Gasteiger partial charge in [0, 0.05) is 11.5 Å². The van der Waals surface area contributed by atoms with Crippen molar-refractivity contribution in [3.8, 4) is 0 Å². The number of carboxylic acid groups (broad SMARTS) is 1. The van der Waals surface area contributed by atoms with Crippen molar-refractivity contribution in [1.29, 1.82) is 0 Å². The minimum atomic E-state index is -3.85. The van der Waals surface area contributed by atoms with Crippen molar-refractivity contribution in [2.75, 3.05) is 4.72 Å². The highest BCUT2D eigenvalue weighted by Crippen LogP contribution is 2.23. The van der Waals surface area contributed by atoms with E-state index in [4.69, 9.17) is 16.7 Å². The third kappa shape index (κ3) is 3.00. The Balaban J connectivity index is 2.36. The summed E-state index contributed by atoms with van der Waals surface area (Å²) in [6.45, 7) is 0. The molecular formula is C9H6ClN3O4S2. The van der Waals surface area contributed by atoms with E-state index < -0.39 is 16.0 Å². The van der Waals surface area contributed by atoms with Gasteiger partial charge in [0.25, 0.3) is 10.0 Å². The number of halogens is 1. The predicted octanol–water partition coefficient (Wildman–Crippen LogP) is 1.69. The first-order valence-corrected chi connectivity index (χ1v) is 7.36. The second-order valence-electron chi connectivity index (χ2n) is 3.33. The Hall–Kier alpha value is -1.71. The van der Waals surface area contributed by atoms with Crippen LogP contribution in [0.1, 0.15) is 10.4 Å². The molecule has 2 aromatic rings. The van der Waals surface area contributed by atoms with Gasteiger partial charge in [-0.05, 0) is 18.2 Å². The summed E-state index contributed by atoms with van der Waals surface area (Å²) in [4.78, 5) is 10.6. The summed E-state index contributed by atoms with van der Waals surface area (Å²) >= 11 is 6.60. The zero-order chi connectivity index (χ0) is 14.0. The third-order valence-corrected chi connectivity index (χ3v) is 4.46. The molecule has 2 rings (SSSR count). The van der Waals surface area contributed by atoms with E-state index in [0.29, 0.717) is 0 Å². The molecule has 0 fully saturated rings. The van der Waals surface area contributed by atoms with Gasteiger partial charge in [-0.3, -0.25) is 4.72 Å². The van der Waals surface area contributed by atoms with E-state index in [1.165, 1.54) is 6.20 Å². The first kappa shape index (κ1) is 13.7. The summed E-state index contributed by atoms with van der Waals surface area (Å²) in [5.41, 5.74) is -0.167. The summed E-state index contributed by atoms with van der Waals surface area (Å²) in [5.74, 6) is -1.23. The van der Waals surface area contributed by atoms with Gasteiger partial charge in [-0.15, -0.1) is 5.10 Å². The van der Waals surface area contributed by atoms with E-state index in [-0.39, 0.29) is 20.5 Å². The highest BCUT2D eigenvalue weighted by atomic mass is 35.5. The van der Waals surface area contributed by atoms with Gasteiger partial charge in [0.05, 0.1) is 21.7 Å². The van der Waals surface area contributed by atoms with Crippen LogP contribution in [-0.4, -0.2) is 29.1 Å². The molecule has 0 atom stereocenters. The third-order valence-electron chi connectivity index (χ3n) is 2.08. The summed E-state index contributed by atoms with van der Waals surface area (Å²) in [5, 5.41) is 12.4. The SMILES string of the molecule is O=C(O)c1ccc(S(=O)(=O)Nc2cnns2)cc1Cl. The van der Waals surface area contributed by atoms with Gasteiger partial charge in [-0.1, -0.05) is 16.1 Å². The molecule has 1 aromatic heterocycles. The smallest absolute Gasteiger partial charge is 0.337 e. The van der Waals surface area contributed by atoms with Gasteiger partial charge >= 0.3 is 5.97 Å². The molecule has 1 aromatic carbocycles. The fourth-order valence-corrected chi connectivity index (χ4v) is 3.28. The zero-order valence-electron chi connectivity index (χ0n) is 9.07. The first-order chi connectivity index (χ1) is 8.90. The largest absolute Gasteiger partial charge is 0.478 e. The molecule has 0 amide bonds. The molecule has 19 heavy (non-hydrogen) atoms. The van der Waals surface area contributed by atoms with E-state index in [9.17, 15) is 13.2 Å². The van der Waals surface area contributed by atoms with Crippen molar-refractivity contribution in [2.45, 2.75) is 4.90 Å². The molecule has 0 aliphatic heterocycles. The van der Waals surface area contributed by atoms with Crippen LogP contribution in [0.25, 0.3) is 0 Å². The van der Waals surface area contributed by atoms with Crippen LogP contribution in [0.2, 0.25) is 5.02 Å². The standard InChI is InChI=1S/C9H6ClN3O4S2/c10-7-3-5(1-2-6(7)9(14)15)19(16,17)12-8-4-11-13-18-8/h1-4,12H,(H,14,15). The maximum absolute atomic E-state index is 12.0. The van der Waals surface area contributed by atoms with Crippen molar-refractivity contribution in [1.82, 2.24) is 9.59 Å². The number of carboxylic acids is 1. The van der Waals surface area contributed by atoms with Gasteiger partial charge < -0.3 is 5.11 Å². The lowest BCUT2D eigenvalue weighted by Gasteiger charge is -2.06. The lowest BCUT2D eigenvalue weighted by atomic mass is 10.2. The average molecular weight is 320 g/mol. The van der Waals surface area contributed by atoms with Crippen LogP contribution in [0.15, 0.2) is 29.3 Å². The molecule has 0 saturated carbocycles. The molecule has 0 radical (unpaired) electrons. The van der Waals surface area contributed by atoms with Crippen molar-refractivity contribution in [2.24, 2.45) is 0 Å². The Morgan fingerprint density at radius 3 is 2.68 bits per heavy atom. The molecule has 0 spiro atoms. The van der Waals surface area contributed by atoms with Gasteiger partial charge in [-0.25, -0.2) is 13.2 Å². The fourth-order valence-electron chi connectivity index (χ4n) is 1.24. The second-order valence-corrected chi connectivity index (χ2v) is 6.21. The fraction of sp³-hybridized carbons (Fsp3) is 0. The van der Waals surface area contributed by atoms with Crippen LogP contribution in [0.4, 0.5) is 5.00 Å². The Morgan fingerprint density at radius 2 is 2.16 bits per heavy atom. The number of carbonyl (C=O) groups is 1. The van der Waals surface area contributed by atoms with Crippen LogP contribution in [0.3, 0.4) is 0 Å². The van der Waals surface area contributed by atoms with Crippen LogP contribution in [-0.2, 0) is 10.0 Å². The number of hydrogen-bond donors (Lipinski definition) is 2. The van der Waals surface area contributed by atoms with Crippen LogP contribution < -0.4 is 4.72 Å². The Labute approximate surface area is 117 Å². The van der Waals surface area contributed by atoms with Crippen molar-refractivity contribution >= 4 is 44.1 Å². The lowest BCUT2D eigenvalue weighted by Crippen LogP contribution is -2.12. The van der Waals surface area contributed by atoms with Gasteiger partial charge in [-0.2, -0.15) is 0 Å². The maximum atomic E-state index is 12.0. The molecule has 0 aliphatic carbocycles. The van der Waals surface area contributed by atoms with E-state index in [1.807, 2.05) is 0 Å². The van der Waals surface area contributed by atoms with Crippen molar-refractivity contribution in [3.63, 3.8) is 0 Å². The Kier molecular flexibility index (Phi) is 3.69. The normalized spacial score (nSPS) is 11.2. The predicted molar refractivity (Wildman–Crippen MR) is 69.1 cm³/mol. The van der Waals surface area contributed by atoms with E-state index in [0.717, 1.165) is 29.7 Å². The second kappa shape index (κ2) is 5.11. The molecule has 10 heteroatoms. The minimum Gasteiger partial charge on any atom is -0.478 e. The summed E-state index contributed by atoms with van der Waals surface area (Å²) < 4.78 is 29.7. The first-order valence-electron chi connectivity index (χ1n) is 4.73. The number of hydrogen-bond acceptors (Lipinski definition) is 6. The lowest BCUT2D eigenvalue weighted by molar-refractivity contribution is 0.0697. The number of nitrogens with one attached hydrogen (secondary N) is 1. The number of aromatic carboxylic acids is 1. The van der Waals surface area contributed by atoms with Gasteiger partial charge in [0.1, 0.15) is 5.00 Å². The number of nitrogens with zero attached hydrogens (tertiary/aromatic N) is 2. The Bertz CT molecular complexity index is 715. The zero-order valence-corrected chi connectivity index (χ0v) is 11.5. The van der Waals surface area contributed by atoms with Crippen LogP contribution in [0, 0.1) is 0 Å². The topological polar surface area (TPSA) is 109 Å². The molecule has 7 nitrogen and oxygen atoms in total. The van der Waals surface area contributed by atoms with Crippen molar-refractivity contribution < 1.29 is 18.3 Å². The Morgan fingerprint density at radius 1 is 1.42 bits per heavy atom. The molecule has 100 valence electrons. The highest BCUT2D eigenvalue weighted by Gasteiger charge is 2.18. The number of rotatable bonds is 4. The van der Waals surface area contributed by atoms with E-state index in [1.54, 1.807) is 0 Å². The molecule has 1 heterocycles. The average Bonchev–Trinajstić information content (AvgIpc) is 2.80. The quantitative estimate of drug-likeness (QED) is 0.887. The van der Waals surface area contributed by atoms with Crippen LogP contribution in [0.5, 0.6) is 0 Å². The number of aromatic nitrogens is 2. The molecule has 0 aliphatic rings. The number of benzene rings is 1. The minimum absolute atomic E-state index is 0.143. The molecule has 0 bridgehead atoms. The summed E-state index contributed by atoms with van der Waals surface area (Å²) in [6.07, 6.45) is 1.26.